The van der Waals surface area contributed by atoms with E-state index >= 15 is 0 Å². The van der Waals surface area contributed by atoms with Crippen molar-refractivity contribution in [1.82, 2.24) is 4.98 Å². The van der Waals surface area contributed by atoms with Gasteiger partial charge >= 0.3 is 6.18 Å². The molecule has 1 unspecified atom stereocenters. The molecule has 1 aromatic carbocycles. The van der Waals surface area contributed by atoms with Crippen LogP contribution in [0.25, 0.3) is 0 Å². The molecule has 1 atom stereocenters. The van der Waals surface area contributed by atoms with Gasteiger partial charge in [-0.2, -0.15) is 13.2 Å². The summed E-state index contributed by atoms with van der Waals surface area (Å²) in [6.45, 7) is 0.663. The quantitative estimate of drug-likeness (QED) is 0.842. The van der Waals surface area contributed by atoms with Crippen molar-refractivity contribution in [3.05, 3.63) is 53.5 Å². The van der Waals surface area contributed by atoms with Gasteiger partial charge in [-0.3, -0.25) is 4.79 Å². The summed E-state index contributed by atoms with van der Waals surface area (Å²) in [6.07, 6.45) is -3.68. The molecule has 2 N–H and O–H groups in total. The Morgan fingerprint density at radius 1 is 1.27 bits per heavy atom. The SMILES string of the molecule is NC(=O)c1cccc(F)c1N1CCC(Oc2ccc(C(F)(F)F)cn2)C1. The third-order valence-corrected chi connectivity index (χ3v) is 4.06. The smallest absolute Gasteiger partial charge is 0.417 e. The molecule has 5 nitrogen and oxygen atoms in total. The fourth-order valence-electron chi connectivity index (χ4n) is 2.85. The number of ether oxygens (including phenoxy) is 1. The lowest BCUT2D eigenvalue weighted by Gasteiger charge is -2.21. The van der Waals surface area contributed by atoms with Crippen LogP contribution in [-0.2, 0) is 6.18 Å². The number of anilines is 1. The van der Waals surface area contributed by atoms with Gasteiger partial charge in [0.25, 0.3) is 5.91 Å². The number of nitrogens with zero attached hydrogens (tertiary/aromatic N) is 2. The molecule has 26 heavy (non-hydrogen) atoms. The number of pyridine rings is 1. The summed E-state index contributed by atoms with van der Waals surface area (Å²) in [5.74, 6) is -1.27. The fraction of sp³-hybridized carbons (Fsp3) is 0.294. The van der Waals surface area contributed by atoms with Crippen LogP contribution in [0, 0.1) is 5.82 Å². The molecule has 9 heteroatoms. The average Bonchev–Trinajstić information content (AvgIpc) is 3.02. The molecule has 1 amide bonds. The number of carbonyl (C=O) groups is 1. The van der Waals surface area contributed by atoms with Crippen LogP contribution in [0.5, 0.6) is 5.88 Å². The van der Waals surface area contributed by atoms with E-state index in [4.69, 9.17) is 10.5 Å². The van der Waals surface area contributed by atoms with Crippen molar-refractivity contribution in [1.29, 1.82) is 0 Å². The highest BCUT2D eigenvalue weighted by Gasteiger charge is 2.32. The summed E-state index contributed by atoms with van der Waals surface area (Å²) < 4.78 is 57.4. The van der Waals surface area contributed by atoms with Gasteiger partial charge in [-0.15, -0.1) is 0 Å². The van der Waals surface area contributed by atoms with Crippen LogP contribution in [-0.4, -0.2) is 30.1 Å². The zero-order chi connectivity index (χ0) is 18.9. The maximum atomic E-state index is 14.2. The lowest BCUT2D eigenvalue weighted by molar-refractivity contribution is -0.137. The van der Waals surface area contributed by atoms with Crippen LogP contribution in [0.2, 0.25) is 0 Å². The number of hydrogen-bond donors (Lipinski definition) is 1. The summed E-state index contributed by atoms with van der Waals surface area (Å²) in [5.41, 5.74) is 4.60. The Hall–Kier alpha value is -2.84. The van der Waals surface area contributed by atoms with Crippen LogP contribution < -0.4 is 15.4 Å². The number of primary amides is 1. The first-order valence-electron chi connectivity index (χ1n) is 7.79. The largest absolute Gasteiger partial charge is 0.472 e. The van der Waals surface area contributed by atoms with E-state index in [1.165, 1.54) is 18.2 Å². The van der Waals surface area contributed by atoms with E-state index in [1.807, 2.05) is 0 Å². The summed E-state index contributed by atoms with van der Waals surface area (Å²) in [7, 11) is 0. The minimum absolute atomic E-state index is 0.0495. The monoisotopic (exact) mass is 369 g/mol. The second kappa shape index (κ2) is 6.81. The Labute approximate surface area is 146 Å². The lowest BCUT2D eigenvalue weighted by Crippen LogP contribution is -2.28. The third kappa shape index (κ3) is 3.71. The minimum atomic E-state index is -4.47. The van der Waals surface area contributed by atoms with Gasteiger partial charge in [0.1, 0.15) is 11.9 Å². The molecule has 1 saturated heterocycles. The highest BCUT2D eigenvalue weighted by Crippen LogP contribution is 2.31. The predicted molar refractivity (Wildman–Crippen MR) is 85.4 cm³/mol. The summed E-state index contributed by atoms with van der Waals surface area (Å²) in [6, 6.07) is 6.09. The number of benzene rings is 1. The first-order chi connectivity index (χ1) is 12.3. The molecule has 0 spiro atoms. The summed E-state index contributed by atoms with van der Waals surface area (Å²) in [5, 5.41) is 0. The number of rotatable bonds is 4. The highest BCUT2D eigenvalue weighted by molar-refractivity contribution is 5.98. The molecule has 1 aliphatic heterocycles. The molecule has 2 aromatic rings. The molecule has 3 rings (SSSR count). The first-order valence-corrected chi connectivity index (χ1v) is 7.79. The second-order valence-corrected chi connectivity index (χ2v) is 5.86. The predicted octanol–water partition coefficient (Wildman–Crippen LogP) is 3.00. The average molecular weight is 369 g/mol. The van der Waals surface area contributed by atoms with Crippen molar-refractivity contribution in [2.24, 2.45) is 5.73 Å². The van der Waals surface area contributed by atoms with E-state index in [0.29, 0.717) is 19.2 Å². The highest BCUT2D eigenvalue weighted by atomic mass is 19.4. The van der Waals surface area contributed by atoms with Gasteiger partial charge in [0.2, 0.25) is 5.88 Å². The molecule has 1 aliphatic rings. The standard InChI is InChI=1S/C17H15F4N3O2/c18-13-3-1-2-12(16(22)25)15(13)24-7-6-11(9-24)26-14-5-4-10(8-23-14)17(19,20)21/h1-5,8,11H,6-7,9H2,(H2,22,25). The molecule has 2 heterocycles. The van der Waals surface area contributed by atoms with Gasteiger partial charge in [0.15, 0.2) is 0 Å². The van der Waals surface area contributed by atoms with E-state index in [1.54, 1.807) is 4.90 Å². The van der Waals surface area contributed by atoms with Crippen molar-refractivity contribution in [3.8, 4) is 5.88 Å². The van der Waals surface area contributed by atoms with E-state index in [-0.39, 0.29) is 23.7 Å². The summed E-state index contributed by atoms with van der Waals surface area (Å²) >= 11 is 0. The van der Waals surface area contributed by atoms with Gasteiger partial charge < -0.3 is 15.4 Å². The van der Waals surface area contributed by atoms with Crippen molar-refractivity contribution in [2.45, 2.75) is 18.7 Å². The van der Waals surface area contributed by atoms with Crippen LogP contribution in [0.15, 0.2) is 36.5 Å². The van der Waals surface area contributed by atoms with E-state index in [0.717, 1.165) is 12.1 Å². The number of nitrogens with two attached hydrogens (primary N) is 1. The van der Waals surface area contributed by atoms with Gasteiger partial charge in [-0.1, -0.05) is 6.07 Å². The Morgan fingerprint density at radius 2 is 2.04 bits per heavy atom. The topological polar surface area (TPSA) is 68.5 Å². The molecule has 0 aliphatic carbocycles. The Balaban J connectivity index is 1.71. The second-order valence-electron chi connectivity index (χ2n) is 5.86. The van der Waals surface area contributed by atoms with E-state index in [2.05, 4.69) is 4.98 Å². The van der Waals surface area contributed by atoms with Crippen LogP contribution in [0.3, 0.4) is 0 Å². The number of amides is 1. The van der Waals surface area contributed by atoms with Crippen LogP contribution >= 0.6 is 0 Å². The van der Waals surface area contributed by atoms with Gasteiger partial charge in [0.05, 0.1) is 23.4 Å². The molecule has 1 fully saturated rings. The Morgan fingerprint density at radius 3 is 2.65 bits per heavy atom. The zero-order valence-corrected chi connectivity index (χ0v) is 13.5. The Bertz CT molecular complexity index is 809. The lowest BCUT2D eigenvalue weighted by atomic mass is 10.1. The molecule has 0 bridgehead atoms. The molecule has 0 saturated carbocycles. The molecular formula is C17H15F4N3O2. The van der Waals surface area contributed by atoms with Crippen LogP contribution in [0.4, 0.5) is 23.2 Å². The number of hydrogen-bond acceptors (Lipinski definition) is 4. The van der Waals surface area contributed by atoms with Crippen molar-refractivity contribution >= 4 is 11.6 Å². The zero-order valence-electron chi connectivity index (χ0n) is 13.5. The Kier molecular flexibility index (Phi) is 4.71. The number of halogens is 4. The fourth-order valence-corrected chi connectivity index (χ4v) is 2.85. The maximum absolute atomic E-state index is 14.2. The first kappa shape index (κ1) is 18.0. The number of para-hydroxylation sites is 1. The van der Waals surface area contributed by atoms with E-state index < -0.39 is 29.6 Å². The van der Waals surface area contributed by atoms with Crippen molar-refractivity contribution in [2.75, 3.05) is 18.0 Å². The molecular weight excluding hydrogens is 354 g/mol. The number of alkyl halides is 3. The van der Waals surface area contributed by atoms with E-state index in [9.17, 15) is 22.4 Å². The van der Waals surface area contributed by atoms with Gasteiger partial charge in [-0.05, 0) is 18.2 Å². The molecule has 0 radical (unpaired) electrons. The summed E-state index contributed by atoms with van der Waals surface area (Å²) in [4.78, 5) is 16.8. The molecule has 1 aromatic heterocycles. The van der Waals surface area contributed by atoms with Crippen molar-refractivity contribution < 1.29 is 27.1 Å². The molecule has 138 valence electrons. The number of carbonyl (C=O) groups excluding carboxylic acids is 1. The van der Waals surface area contributed by atoms with Crippen molar-refractivity contribution in [3.63, 3.8) is 0 Å². The normalized spacial score (nSPS) is 17.4. The van der Waals surface area contributed by atoms with Gasteiger partial charge in [-0.25, -0.2) is 9.37 Å². The van der Waals surface area contributed by atoms with Gasteiger partial charge in [0, 0.05) is 25.2 Å². The number of aromatic nitrogens is 1. The maximum Gasteiger partial charge on any atom is 0.417 e. The minimum Gasteiger partial charge on any atom is -0.472 e. The van der Waals surface area contributed by atoms with Crippen LogP contribution in [0.1, 0.15) is 22.3 Å². The third-order valence-electron chi connectivity index (χ3n) is 4.06.